The number of hydrogen-bond donors (Lipinski definition) is 0. The van der Waals surface area contributed by atoms with Gasteiger partial charge in [-0.3, -0.25) is 0 Å². The summed E-state index contributed by atoms with van der Waals surface area (Å²) in [6.07, 6.45) is -0.0732. The van der Waals surface area contributed by atoms with Crippen molar-refractivity contribution >= 4 is 17.4 Å². The number of nitriles is 1. The fraction of sp³-hybridized carbons (Fsp3) is 0.353. The second-order valence-corrected chi connectivity index (χ2v) is 6.01. The summed E-state index contributed by atoms with van der Waals surface area (Å²) in [6, 6.07) is 9.91. The maximum absolute atomic E-state index is 9.48. The first-order valence-electron chi connectivity index (χ1n) is 7.46. The van der Waals surface area contributed by atoms with Crippen LogP contribution in [0.15, 0.2) is 24.3 Å². The molecule has 118 valence electrons. The lowest BCUT2D eigenvalue weighted by atomic mass is 10.1. The number of aryl methyl sites for hydroxylation is 1. The summed E-state index contributed by atoms with van der Waals surface area (Å²) in [5.41, 5.74) is 3.32. The molecule has 1 atom stereocenters. The molecule has 0 radical (unpaired) electrons. The molecule has 0 aliphatic carbocycles. The van der Waals surface area contributed by atoms with Gasteiger partial charge in [-0.1, -0.05) is 23.7 Å². The Balaban J connectivity index is 1.89. The number of aromatic nitrogens is 2. The monoisotopic (exact) mass is 328 g/mol. The van der Waals surface area contributed by atoms with Gasteiger partial charge in [-0.15, -0.1) is 5.10 Å². The van der Waals surface area contributed by atoms with Crippen molar-refractivity contribution < 1.29 is 4.74 Å². The molecule has 2 heterocycles. The standard InChI is InChI=1S/C17H17ClN4O/c1-11-12(2)20-21-17(15(11)9-19)22-7-8-23-16(10-22)13-3-5-14(18)6-4-13/h3-6,16H,7-8,10H2,1-2H3/t16-/m0/s1. The number of anilines is 1. The highest BCUT2D eigenvalue weighted by molar-refractivity contribution is 6.30. The lowest BCUT2D eigenvalue weighted by molar-refractivity contribution is 0.0394. The Morgan fingerprint density at radius 3 is 2.70 bits per heavy atom. The molecule has 1 aromatic carbocycles. The molecule has 1 saturated heterocycles. The Morgan fingerprint density at radius 1 is 1.26 bits per heavy atom. The maximum atomic E-state index is 9.48. The van der Waals surface area contributed by atoms with Gasteiger partial charge in [-0.05, 0) is 37.1 Å². The van der Waals surface area contributed by atoms with Crippen molar-refractivity contribution in [3.63, 3.8) is 0 Å². The van der Waals surface area contributed by atoms with Crippen LogP contribution in [0.3, 0.4) is 0 Å². The zero-order valence-electron chi connectivity index (χ0n) is 13.1. The van der Waals surface area contributed by atoms with Crippen molar-refractivity contribution in [3.8, 4) is 6.07 Å². The van der Waals surface area contributed by atoms with Gasteiger partial charge in [0.25, 0.3) is 0 Å². The molecule has 1 aromatic heterocycles. The molecule has 0 unspecified atom stereocenters. The highest BCUT2D eigenvalue weighted by Crippen LogP contribution is 2.28. The number of rotatable bonds is 2. The van der Waals surface area contributed by atoms with Crippen LogP contribution in [0.5, 0.6) is 0 Å². The summed E-state index contributed by atoms with van der Waals surface area (Å²) < 4.78 is 5.87. The molecular formula is C17H17ClN4O. The van der Waals surface area contributed by atoms with Gasteiger partial charge < -0.3 is 9.64 Å². The Labute approximate surface area is 140 Å². The lowest BCUT2D eigenvalue weighted by Crippen LogP contribution is -2.39. The van der Waals surface area contributed by atoms with E-state index in [4.69, 9.17) is 16.3 Å². The summed E-state index contributed by atoms with van der Waals surface area (Å²) >= 11 is 5.94. The van der Waals surface area contributed by atoms with E-state index in [2.05, 4.69) is 21.2 Å². The van der Waals surface area contributed by atoms with Crippen LogP contribution in [0.1, 0.15) is 28.5 Å². The molecule has 23 heavy (non-hydrogen) atoms. The third-order valence-corrected chi connectivity index (χ3v) is 4.41. The van der Waals surface area contributed by atoms with Crippen molar-refractivity contribution in [1.82, 2.24) is 10.2 Å². The Bertz CT molecular complexity index is 754. The van der Waals surface area contributed by atoms with Crippen LogP contribution < -0.4 is 4.90 Å². The molecule has 1 fully saturated rings. The molecule has 1 aliphatic rings. The number of ether oxygens (including phenoxy) is 1. The Kier molecular flexibility index (Phi) is 4.46. The largest absolute Gasteiger partial charge is 0.370 e. The second kappa shape index (κ2) is 6.53. The van der Waals surface area contributed by atoms with Gasteiger partial charge in [0.1, 0.15) is 17.7 Å². The van der Waals surface area contributed by atoms with Crippen LogP contribution in [0.25, 0.3) is 0 Å². The molecule has 5 nitrogen and oxygen atoms in total. The van der Waals surface area contributed by atoms with Gasteiger partial charge in [-0.25, -0.2) is 0 Å². The van der Waals surface area contributed by atoms with Crippen LogP contribution in [0, 0.1) is 25.2 Å². The van der Waals surface area contributed by atoms with Crippen LogP contribution in [0.4, 0.5) is 5.82 Å². The highest BCUT2D eigenvalue weighted by Gasteiger charge is 2.26. The molecule has 0 spiro atoms. The average Bonchev–Trinajstić information content (AvgIpc) is 2.58. The Morgan fingerprint density at radius 2 is 2.00 bits per heavy atom. The van der Waals surface area contributed by atoms with E-state index < -0.39 is 0 Å². The average molecular weight is 329 g/mol. The molecule has 0 saturated carbocycles. The summed E-state index contributed by atoms with van der Waals surface area (Å²) in [4.78, 5) is 2.07. The van der Waals surface area contributed by atoms with Crippen LogP contribution in [0.2, 0.25) is 5.02 Å². The van der Waals surface area contributed by atoms with Crippen molar-refractivity contribution in [1.29, 1.82) is 5.26 Å². The van der Waals surface area contributed by atoms with E-state index in [1.54, 1.807) is 0 Å². The predicted octanol–water partition coefficient (Wildman–Crippen LogP) is 3.20. The normalized spacial score (nSPS) is 17.8. The van der Waals surface area contributed by atoms with Crippen molar-refractivity contribution in [3.05, 3.63) is 51.7 Å². The van der Waals surface area contributed by atoms with E-state index in [1.165, 1.54) is 0 Å². The number of halogens is 1. The summed E-state index contributed by atoms with van der Waals surface area (Å²) in [7, 11) is 0. The SMILES string of the molecule is Cc1nnc(N2CCO[C@H](c3ccc(Cl)cc3)C2)c(C#N)c1C. The van der Waals surface area contributed by atoms with E-state index in [9.17, 15) is 5.26 Å². The summed E-state index contributed by atoms with van der Waals surface area (Å²) in [5.74, 6) is 0.637. The zero-order valence-corrected chi connectivity index (χ0v) is 13.8. The van der Waals surface area contributed by atoms with Gasteiger partial charge in [0.05, 0.1) is 12.3 Å². The van der Waals surface area contributed by atoms with Gasteiger partial charge in [0.2, 0.25) is 0 Å². The fourth-order valence-corrected chi connectivity index (χ4v) is 2.80. The van der Waals surface area contributed by atoms with Gasteiger partial charge >= 0.3 is 0 Å². The molecule has 1 aliphatic heterocycles. The van der Waals surface area contributed by atoms with E-state index in [-0.39, 0.29) is 6.10 Å². The number of hydrogen-bond acceptors (Lipinski definition) is 5. The molecule has 0 bridgehead atoms. The van der Waals surface area contributed by atoms with Gasteiger partial charge in [0.15, 0.2) is 5.82 Å². The summed E-state index contributed by atoms with van der Waals surface area (Å²) in [6.45, 7) is 5.67. The van der Waals surface area contributed by atoms with Crippen molar-refractivity contribution in [2.24, 2.45) is 0 Å². The first-order chi connectivity index (χ1) is 11.1. The molecule has 2 aromatic rings. The topological polar surface area (TPSA) is 62.0 Å². The fourth-order valence-electron chi connectivity index (χ4n) is 2.67. The van der Waals surface area contributed by atoms with E-state index in [0.717, 1.165) is 16.8 Å². The smallest absolute Gasteiger partial charge is 0.169 e. The number of morpholine rings is 1. The van der Waals surface area contributed by atoms with Crippen LogP contribution in [-0.4, -0.2) is 29.9 Å². The minimum absolute atomic E-state index is 0.0732. The van der Waals surface area contributed by atoms with Crippen molar-refractivity contribution in [2.45, 2.75) is 20.0 Å². The molecular weight excluding hydrogens is 312 g/mol. The van der Waals surface area contributed by atoms with Gasteiger partial charge in [0, 0.05) is 18.1 Å². The predicted molar refractivity (Wildman–Crippen MR) is 88.6 cm³/mol. The number of benzene rings is 1. The molecule has 0 N–H and O–H groups in total. The molecule has 0 amide bonds. The second-order valence-electron chi connectivity index (χ2n) is 5.58. The van der Waals surface area contributed by atoms with Crippen LogP contribution in [-0.2, 0) is 4.74 Å². The molecule has 3 rings (SSSR count). The number of nitrogens with zero attached hydrogens (tertiary/aromatic N) is 4. The lowest BCUT2D eigenvalue weighted by Gasteiger charge is -2.34. The van der Waals surface area contributed by atoms with Crippen molar-refractivity contribution in [2.75, 3.05) is 24.6 Å². The summed E-state index contributed by atoms with van der Waals surface area (Å²) in [5, 5.41) is 18.6. The van der Waals surface area contributed by atoms with E-state index in [1.807, 2.05) is 38.1 Å². The first kappa shape index (κ1) is 15.7. The third kappa shape index (κ3) is 3.14. The highest BCUT2D eigenvalue weighted by atomic mass is 35.5. The zero-order chi connectivity index (χ0) is 16.4. The first-order valence-corrected chi connectivity index (χ1v) is 7.84. The van der Waals surface area contributed by atoms with Gasteiger partial charge in [-0.2, -0.15) is 10.4 Å². The minimum atomic E-state index is -0.0732. The van der Waals surface area contributed by atoms with E-state index in [0.29, 0.717) is 36.1 Å². The maximum Gasteiger partial charge on any atom is 0.169 e. The third-order valence-electron chi connectivity index (χ3n) is 4.16. The van der Waals surface area contributed by atoms with Crippen LogP contribution >= 0.6 is 11.6 Å². The quantitative estimate of drug-likeness (QED) is 0.847. The minimum Gasteiger partial charge on any atom is -0.370 e. The molecule has 6 heteroatoms. The Hall–Kier alpha value is -2.16. The van der Waals surface area contributed by atoms with E-state index >= 15 is 0 Å².